The van der Waals surface area contributed by atoms with Crippen LogP contribution in [-0.4, -0.2) is 25.7 Å². The molecule has 0 aromatic heterocycles. The molecule has 2 N–H and O–H groups in total. The van der Waals surface area contributed by atoms with Gasteiger partial charge in [0, 0.05) is 18.7 Å². The highest BCUT2D eigenvalue weighted by atomic mass is 35.5. The smallest absolute Gasteiger partial charge is 0.234 e. The monoisotopic (exact) mass is 262 g/mol. The third-order valence-electron chi connectivity index (χ3n) is 2.06. The van der Waals surface area contributed by atoms with Gasteiger partial charge in [-0.2, -0.15) is 0 Å². The number of halogens is 3. The third-order valence-corrected chi connectivity index (χ3v) is 2.36. The Kier molecular flexibility index (Phi) is 5.86. The van der Waals surface area contributed by atoms with Gasteiger partial charge in [0.1, 0.15) is 12.5 Å². The minimum atomic E-state index is -0.536. The van der Waals surface area contributed by atoms with Crippen LogP contribution in [0.25, 0.3) is 0 Å². The Bertz CT molecular complexity index is 388. The lowest BCUT2D eigenvalue weighted by Crippen LogP contribution is -2.34. The average molecular weight is 263 g/mol. The summed E-state index contributed by atoms with van der Waals surface area (Å²) < 4.78 is 25.1. The molecule has 1 aromatic rings. The van der Waals surface area contributed by atoms with E-state index < -0.39 is 12.5 Å². The number of benzene rings is 1. The van der Waals surface area contributed by atoms with Crippen molar-refractivity contribution in [3.8, 4) is 0 Å². The quantitative estimate of drug-likeness (QED) is 0.766. The van der Waals surface area contributed by atoms with E-state index in [-0.39, 0.29) is 30.6 Å². The van der Waals surface area contributed by atoms with E-state index >= 15 is 0 Å². The average Bonchev–Trinajstić information content (AvgIpc) is 2.31. The highest BCUT2D eigenvalue weighted by Gasteiger charge is 2.07. The van der Waals surface area contributed by atoms with Crippen molar-refractivity contribution in [2.45, 2.75) is 6.54 Å². The Labute approximate surface area is 103 Å². The van der Waals surface area contributed by atoms with Gasteiger partial charge in [-0.05, 0) is 6.07 Å². The molecule has 0 heterocycles. The van der Waals surface area contributed by atoms with Gasteiger partial charge in [0.05, 0.1) is 11.6 Å². The number of hydrogen-bond donors (Lipinski definition) is 2. The second kappa shape index (κ2) is 7.19. The van der Waals surface area contributed by atoms with Gasteiger partial charge in [-0.1, -0.05) is 23.7 Å². The fraction of sp³-hybridized carbons (Fsp3) is 0.364. The van der Waals surface area contributed by atoms with Crippen LogP contribution in [0.1, 0.15) is 5.56 Å². The van der Waals surface area contributed by atoms with Crippen molar-refractivity contribution >= 4 is 17.5 Å². The van der Waals surface area contributed by atoms with E-state index in [1.165, 1.54) is 12.1 Å². The summed E-state index contributed by atoms with van der Waals surface area (Å²) in [6, 6.07) is 4.58. The van der Waals surface area contributed by atoms with Crippen LogP contribution in [-0.2, 0) is 11.3 Å². The molecule has 0 bridgehead atoms. The first-order chi connectivity index (χ1) is 8.15. The largest absolute Gasteiger partial charge is 0.351 e. The van der Waals surface area contributed by atoms with Crippen LogP contribution in [0, 0.1) is 5.82 Å². The molecule has 0 atom stereocenters. The fourth-order valence-corrected chi connectivity index (χ4v) is 1.40. The van der Waals surface area contributed by atoms with Gasteiger partial charge >= 0.3 is 0 Å². The summed E-state index contributed by atoms with van der Waals surface area (Å²) in [5, 5.41) is 5.11. The van der Waals surface area contributed by atoms with E-state index in [0.29, 0.717) is 5.56 Å². The summed E-state index contributed by atoms with van der Waals surface area (Å²) in [6.07, 6.45) is 0. The molecule has 0 aliphatic heterocycles. The van der Waals surface area contributed by atoms with E-state index in [0.717, 1.165) is 0 Å². The minimum absolute atomic E-state index is 0.00606. The molecule has 6 heteroatoms. The number of hydrogen-bond acceptors (Lipinski definition) is 2. The molecule has 1 rings (SSSR count). The summed E-state index contributed by atoms with van der Waals surface area (Å²) in [5.41, 5.74) is 0.316. The summed E-state index contributed by atoms with van der Waals surface area (Å²) in [5.74, 6) is -0.857. The van der Waals surface area contributed by atoms with Gasteiger partial charge in [-0.25, -0.2) is 8.78 Å². The van der Waals surface area contributed by atoms with Crippen LogP contribution in [0.2, 0.25) is 5.02 Å². The first-order valence-corrected chi connectivity index (χ1v) is 5.49. The zero-order chi connectivity index (χ0) is 12.7. The second-order valence-electron chi connectivity index (χ2n) is 3.36. The standard InChI is InChI=1S/C11H13ClF2N2O/c12-9-3-1-2-8(11(9)14)6-16-10(17)7-15-5-4-13/h1-3,15H,4-7H2,(H,16,17). The van der Waals surface area contributed by atoms with Crippen molar-refractivity contribution in [1.82, 2.24) is 10.6 Å². The Morgan fingerprint density at radius 3 is 2.88 bits per heavy atom. The SMILES string of the molecule is O=C(CNCCF)NCc1cccc(Cl)c1F. The molecular formula is C11H13ClF2N2O. The molecule has 0 fully saturated rings. The van der Waals surface area contributed by atoms with Gasteiger partial charge < -0.3 is 10.6 Å². The first kappa shape index (κ1) is 13.9. The predicted molar refractivity (Wildman–Crippen MR) is 62.1 cm³/mol. The number of amides is 1. The molecule has 0 radical (unpaired) electrons. The second-order valence-corrected chi connectivity index (χ2v) is 3.76. The number of rotatable bonds is 6. The predicted octanol–water partition coefficient (Wildman–Crippen LogP) is 1.65. The molecule has 3 nitrogen and oxygen atoms in total. The number of carbonyl (C=O) groups is 1. The molecule has 0 aliphatic carbocycles. The molecular weight excluding hydrogens is 250 g/mol. The van der Waals surface area contributed by atoms with Crippen LogP contribution in [0.3, 0.4) is 0 Å². The first-order valence-electron chi connectivity index (χ1n) is 5.11. The number of carbonyl (C=O) groups excluding carboxylic acids is 1. The number of nitrogens with one attached hydrogen (secondary N) is 2. The maximum Gasteiger partial charge on any atom is 0.234 e. The molecule has 1 amide bonds. The Morgan fingerprint density at radius 1 is 1.41 bits per heavy atom. The van der Waals surface area contributed by atoms with E-state index in [1.807, 2.05) is 0 Å². The molecule has 0 saturated carbocycles. The zero-order valence-electron chi connectivity index (χ0n) is 9.10. The molecule has 0 spiro atoms. The van der Waals surface area contributed by atoms with Crippen molar-refractivity contribution in [2.75, 3.05) is 19.8 Å². The topological polar surface area (TPSA) is 41.1 Å². The maximum absolute atomic E-state index is 13.4. The van der Waals surface area contributed by atoms with E-state index in [9.17, 15) is 13.6 Å². The number of alkyl halides is 1. The van der Waals surface area contributed by atoms with Crippen LogP contribution < -0.4 is 10.6 Å². The lowest BCUT2D eigenvalue weighted by atomic mass is 10.2. The van der Waals surface area contributed by atoms with E-state index in [1.54, 1.807) is 6.07 Å². The maximum atomic E-state index is 13.4. The molecule has 0 aliphatic rings. The normalized spacial score (nSPS) is 10.3. The van der Waals surface area contributed by atoms with E-state index in [4.69, 9.17) is 11.6 Å². The van der Waals surface area contributed by atoms with Crippen molar-refractivity contribution < 1.29 is 13.6 Å². The zero-order valence-corrected chi connectivity index (χ0v) is 9.86. The third kappa shape index (κ3) is 4.66. The van der Waals surface area contributed by atoms with Crippen LogP contribution in [0.4, 0.5) is 8.78 Å². The molecule has 17 heavy (non-hydrogen) atoms. The van der Waals surface area contributed by atoms with E-state index in [2.05, 4.69) is 10.6 Å². The van der Waals surface area contributed by atoms with Crippen LogP contribution >= 0.6 is 11.6 Å². The van der Waals surface area contributed by atoms with Gasteiger partial charge in [-0.15, -0.1) is 0 Å². The van der Waals surface area contributed by atoms with Crippen LogP contribution in [0.5, 0.6) is 0 Å². The molecule has 0 saturated heterocycles. The van der Waals surface area contributed by atoms with Crippen molar-refractivity contribution in [1.29, 1.82) is 0 Å². The van der Waals surface area contributed by atoms with Gasteiger partial charge in [-0.3, -0.25) is 4.79 Å². The Balaban J connectivity index is 2.39. The van der Waals surface area contributed by atoms with Crippen molar-refractivity contribution in [3.63, 3.8) is 0 Å². The van der Waals surface area contributed by atoms with Crippen LogP contribution in [0.15, 0.2) is 18.2 Å². The van der Waals surface area contributed by atoms with Gasteiger partial charge in [0.25, 0.3) is 0 Å². The fourth-order valence-electron chi connectivity index (χ4n) is 1.21. The lowest BCUT2D eigenvalue weighted by Gasteiger charge is -2.07. The summed E-state index contributed by atoms with van der Waals surface area (Å²) in [4.78, 5) is 11.2. The van der Waals surface area contributed by atoms with Gasteiger partial charge in [0.15, 0.2) is 0 Å². The summed E-state index contributed by atoms with van der Waals surface area (Å²) in [6.45, 7) is -0.343. The Hall–Kier alpha value is -1.20. The Morgan fingerprint density at radius 2 is 2.18 bits per heavy atom. The molecule has 0 unspecified atom stereocenters. The van der Waals surface area contributed by atoms with Crippen molar-refractivity contribution in [2.24, 2.45) is 0 Å². The summed E-state index contributed by atoms with van der Waals surface area (Å²) in [7, 11) is 0. The minimum Gasteiger partial charge on any atom is -0.351 e. The van der Waals surface area contributed by atoms with Crippen molar-refractivity contribution in [3.05, 3.63) is 34.6 Å². The highest BCUT2D eigenvalue weighted by molar-refractivity contribution is 6.30. The summed E-state index contributed by atoms with van der Waals surface area (Å²) >= 11 is 5.59. The highest BCUT2D eigenvalue weighted by Crippen LogP contribution is 2.17. The van der Waals surface area contributed by atoms with Gasteiger partial charge in [0.2, 0.25) is 5.91 Å². The molecule has 94 valence electrons. The lowest BCUT2D eigenvalue weighted by molar-refractivity contribution is -0.120. The molecule has 1 aromatic carbocycles.